The van der Waals surface area contributed by atoms with Gasteiger partial charge in [-0.25, -0.2) is 0 Å². The summed E-state index contributed by atoms with van der Waals surface area (Å²) in [7, 11) is 0. The van der Waals surface area contributed by atoms with E-state index in [9.17, 15) is 5.11 Å². The molecule has 0 spiro atoms. The molecule has 1 atom stereocenters. The Morgan fingerprint density at radius 3 is 2.64 bits per heavy atom. The van der Waals surface area contributed by atoms with Gasteiger partial charge in [0.25, 0.3) is 0 Å². The molecule has 62 valence electrons. The maximum absolute atomic E-state index is 9.36. The lowest BCUT2D eigenvalue weighted by Crippen LogP contribution is -2.12. The quantitative estimate of drug-likeness (QED) is 0.611. The SMILES string of the molecule is CC1=CC(C(C)C)=CCC1O. The fourth-order valence-electron chi connectivity index (χ4n) is 1.25. The highest BCUT2D eigenvalue weighted by Gasteiger charge is 2.12. The average molecular weight is 152 g/mol. The molecule has 1 N–H and O–H groups in total. The number of rotatable bonds is 1. The molecule has 0 saturated heterocycles. The van der Waals surface area contributed by atoms with E-state index in [2.05, 4.69) is 26.0 Å². The van der Waals surface area contributed by atoms with Crippen molar-refractivity contribution in [2.75, 3.05) is 0 Å². The summed E-state index contributed by atoms with van der Waals surface area (Å²) < 4.78 is 0. The molecule has 0 aromatic heterocycles. The van der Waals surface area contributed by atoms with E-state index in [1.54, 1.807) is 0 Å². The van der Waals surface area contributed by atoms with Crippen LogP contribution in [0.2, 0.25) is 0 Å². The fourth-order valence-corrected chi connectivity index (χ4v) is 1.25. The molecule has 0 fully saturated rings. The molecule has 0 amide bonds. The van der Waals surface area contributed by atoms with E-state index in [0.29, 0.717) is 5.92 Å². The molecule has 0 aliphatic heterocycles. The summed E-state index contributed by atoms with van der Waals surface area (Å²) in [6.07, 6.45) is 4.77. The summed E-state index contributed by atoms with van der Waals surface area (Å²) in [5.74, 6) is 0.581. The minimum atomic E-state index is -0.238. The van der Waals surface area contributed by atoms with Crippen LogP contribution in [0, 0.1) is 5.92 Å². The molecule has 1 aliphatic rings. The third kappa shape index (κ3) is 1.93. The molecule has 0 aromatic rings. The topological polar surface area (TPSA) is 20.2 Å². The number of aliphatic hydroxyl groups is 1. The van der Waals surface area contributed by atoms with Crippen molar-refractivity contribution in [2.24, 2.45) is 5.92 Å². The predicted molar refractivity (Wildman–Crippen MR) is 47.3 cm³/mol. The van der Waals surface area contributed by atoms with Crippen LogP contribution in [0.25, 0.3) is 0 Å². The Bertz CT molecular complexity index is 199. The molecule has 0 heterocycles. The molecule has 11 heavy (non-hydrogen) atoms. The van der Waals surface area contributed by atoms with Gasteiger partial charge in [0.15, 0.2) is 0 Å². The van der Waals surface area contributed by atoms with E-state index in [1.807, 2.05) is 6.92 Å². The number of hydrogen-bond acceptors (Lipinski definition) is 1. The van der Waals surface area contributed by atoms with Crippen molar-refractivity contribution >= 4 is 0 Å². The molecule has 0 aromatic carbocycles. The van der Waals surface area contributed by atoms with Crippen LogP contribution in [-0.2, 0) is 0 Å². The minimum Gasteiger partial charge on any atom is -0.388 e. The third-order valence-corrected chi connectivity index (χ3v) is 2.16. The number of hydrogen-bond donors (Lipinski definition) is 1. The highest BCUT2D eigenvalue weighted by Crippen LogP contribution is 2.22. The van der Waals surface area contributed by atoms with Crippen LogP contribution in [0.1, 0.15) is 27.2 Å². The Labute approximate surface area is 68.4 Å². The molecule has 0 saturated carbocycles. The lowest BCUT2D eigenvalue weighted by atomic mass is 9.92. The Morgan fingerprint density at radius 2 is 2.18 bits per heavy atom. The summed E-state index contributed by atoms with van der Waals surface area (Å²) in [4.78, 5) is 0. The van der Waals surface area contributed by atoms with E-state index in [0.717, 1.165) is 12.0 Å². The first-order valence-electron chi connectivity index (χ1n) is 4.17. The zero-order chi connectivity index (χ0) is 8.43. The lowest BCUT2D eigenvalue weighted by molar-refractivity contribution is 0.212. The van der Waals surface area contributed by atoms with Gasteiger partial charge in [-0.1, -0.05) is 26.0 Å². The van der Waals surface area contributed by atoms with E-state index in [-0.39, 0.29) is 6.10 Å². The maximum Gasteiger partial charge on any atom is 0.0785 e. The predicted octanol–water partition coefficient (Wildman–Crippen LogP) is 2.28. The summed E-state index contributed by atoms with van der Waals surface area (Å²) in [5.41, 5.74) is 2.45. The van der Waals surface area contributed by atoms with E-state index in [1.165, 1.54) is 5.57 Å². The van der Waals surface area contributed by atoms with Crippen molar-refractivity contribution < 1.29 is 5.11 Å². The zero-order valence-electron chi connectivity index (χ0n) is 7.46. The van der Waals surface area contributed by atoms with Crippen molar-refractivity contribution in [3.8, 4) is 0 Å². The second-order valence-electron chi connectivity index (χ2n) is 3.50. The highest BCUT2D eigenvalue weighted by atomic mass is 16.3. The summed E-state index contributed by atoms with van der Waals surface area (Å²) >= 11 is 0. The number of allylic oxidation sites excluding steroid dienone is 2. The maximum atomic E-state index is 9.36. The molecular weight excluding hydrogens is 136 g/mol. The molecule has 1 heteroatoms. The van der Waals surface area contributed by atoms with Crippen LogP contribution in [0.5, 0.6) is 0 Å². The van der Waals surface area contributed by atoms with Gasteiger partial charge in [0.05, 0.1) is 6.10 Å². The van der Waals surface area contributed by atoms with Gasteiger partial charge < -0.3 is 5.11 Å². The fraction of sp³-hybridized carbons (Fsp3) is 0.600. The van der Waals surface area contributed by atoms with Gasteiger partial charge in [0.1, 0.15) is 0 Å². The van der Waals surface area contributed by atoms with Crippen molar-refractivity contribution in [1.29, 1.82) is 0 Å². The molecular formula is C10H16O. The standard InChI is InChI=1S/C10H16O/c1-7(2)9-4-5-10(11)8(3)6-9/h4,6-7,10-11H,5H2,1-3H3. The molecule has 0 bridgehead atoms. The van der Waals surface area contributed by atoms with Crippen LogP contribution in [0.4, 0.5) is 0 Å². The Morgan fingerprint density at radius 1 is 1.55 bits per heavy atom. The first kappa shape index (κ1) is 8.54. The second kappa shape index (κ2) is 3.22. The van der Waals surface area contributed by atoms with Gasteiger partial charge in [0, 0.05) is 0 Å². The summed E-state index contributed by atoms with van der Waals surface area (Å²) in [6.45, 7) is 6.33. The van der Waals surface area contributed by atoms with Crippen molar-refractivity contribution in [1.82, 2.24) is 0 Å². The second-order valence-corrected chi connectivity index (χ2v) is 3.50. The highest BCUT2D eigenvalue weighted by molar-refractivity contribution is 5.30. The number of aliphatic hydroxyl groups excluding tert-OH is 1. The lowest BCUT2D eigenvalue weighted by Gasteiger charge is -2.18. The van der Waals surface area contributed by atoms with Crippen LogP contribution < -0.4 is 0 Å². The van der Waals surface area contributed by atoms with Crippen LogP contribution >= 0.6 is 0 Å². The van der Waals surface area contributed by atoms with Crippen LogP contribution in [0.3, 0.4) is 0 Å². The first-order valence-corrected chi connectivity index (χ1v) is 4.17. The zero-order valence-corrected chi connectivity index (χ0v) is 7.46. The van der Waals surface area contributed by atoms with E-state index in [4.69, 9.17) is 0 Å². The van der Waals surface area contributed by atoms with Gasteiger partial charge >= 0.3 is 0 Å². The molecule has 1 aliphatic carbocycles. The average Bonchev–Trinajstić information content (AvgIpc) is 1.94. The van der Waals surface area contributed by atoms with Gasteiger partial charge in [-0.2, -0.15) is 0 Å². The molecule has 1 unspecified atom stereocenters. The van der Waals surface area contributed by atoms with Crippen molar-refractivity contribution in [3.05, 3.63) is 23.3 Å². The van der Waals surface area contributed by atoms with Gasteiger partial charge in [0.2, 0.25) is 0 Å². The van der Waals surface area contributed by atoms with E-state index >= 15 is 0 Å². The Balaban J connectivity index is 2.74. The van der Waals surface area contributed by atoms with Gasteiger partial charge in [-0.15, -0.1) is 0 Å². The van der Waals surface area contributed by atoms with Gasteiger partial charge in [-0.05, 0) is 30.4 Å². The van der Waals surface area contributed by atoms with Crippen molar-refractivity contribution in [2.45, 2.75) is 33.3 Å². The summed E-state index contributed by atoms with van der Waals surface area (Å²) in [5, 5.41) is 9.36. The molecule has 1 rings (SSSR count). The smallest absolute Gasteiger partial charge is 0.0785 e. The largest absolute Gasteiger partial charge is 0.388 e. The summed E-state index contributed by atoms with van der Waals surface area (Å²) in [6, 6.07) is 0. The van der Waals surface area contributed by atoms with Crippen LogP contribution in [0.15, 0.2) is 23.3 Å². The Kier molecular flexibility index (Phi) is 2.50. The molecule has 1 nitrogen and oxygen atoms in total. The molecule has 0 radical (unpaired) electrons. The first-order chi connectivity index (χ1) is 5.11. The minimum absolute atomic E-state index is 0.238. The van der Waals surface area contributed by atoms with E-state index < -0.39 is 0 Å². The normalized spacial score (nSPS) is 25.0. The third-order valence-electron chi connectivity index (χ3n) is 2.16. The van der Waals surface area contributed by atoms with Crippen molar-refractivity contribution in [3.63, 3.8) is 0 Å². The monoisotopic (exact) mass is 152 g/mol. The van der Waals surface area contributed by atoms with Crippen LogP contribution in [-0.4, -0.2) is 11.2 Å². The Hall–Kier alpha value is -0.560. The van der Waals surface area contributed by atoms with Gasteiger partial charge in [-0.3, -0.25) is 0 Å².